The SMILES string of the molecule is CC1(CCCC2CCCCC2)C=C2C(=[N+]([O-])c3c2ccc2c3C=CC(C)(C)O2)CC1. The third kappa shape index (κ3) is 3.50. The van der Waals surface area contributed by atoms with E-state index in [-0.39, 0.29) is 11.0 Å². The maximum absolute atomic E-state index is 13.2. The monoisotopic (exact) mass is 405 g/mol. The summed E-state index contributed by atoms with van der Waals surface area (Å²) in [5.41, 5.74) is 4.79. The molecule has 0 amide bonds. The highest BCUT2D eigenvalue weighted by molar-refractivity contribution is 6.26. The molecular formula is C27H35NO2. The molecule has 0 aromatic heterocycles. The Kier molecular flexibility index (Phi) is 4.83. The second kappa shape index (κ2) is 7.28. The van der Waals surface area contributed by atoms with Gasteiger partial charge in [0.2, 0.25) is 11.4 Å². The summed E-state index contributed by atoms with van der Waals surface area (Å²) >= 11 is 0. The Hall–Kier alpha value is -2.03. The zero-order valence-corrected chi connectivity index (χ0v) is 18.8. The fourth-order valence-electron chi connectivity index (χ4n) is 5.97. The molecule has 2 aliphatic heterocycles. The smallest absolute Gasteiger partial charge is 0.235 e. The lowest BCUT2D eigenvalue weighted by molar-refractivity contribution is -0.358. The molecule has 3 heteroatoms. The zero-order valence-electron chi connectivity index (χ0n) is 18.8. The van der Waals surface area contributed by atoms with Gasteiger partial charge in [0.05, 0.1) is 16.7 Å². The molecule has 0 bridgehead atoms. The van der Waals surface area contributed by atoms with Gasteiger partial charge in [-0.3, -0.25) is 0 Å². The number of hydrogen-bond acceptors (Lipinski definition) is 2. The number of nitrogens with zero attached hydrogens (tertiary/aromatic N) is 1. The molecule has 1 saturated carbocycles. The lowest BCUT2D eigenvalue weighted by Gasteiger charge is -2.31. The molecule has 4 aliphatic rings. The molecular weight excluding hydrogens is 370 g/mol. The molecule has 1 unspecified atom stereocenters. The Bertz CT molecular complexity index is 946. The standard InChI is InChI=1S/C27H35NO2/c1-26(2)16-13-21-24(30-26)12-11-20-22-18-27(3,17-14-23(22)28(29)25(20)21)15-7-10-19-8-5-4-6-9-19/h11-13,16,18-19H,4-10,14-15,17H2,1-3H3. The van der Waals surface area contributed by atoms with Crippen molar-refractivity contribution in [3.05, 3.63) is 40.6 Å². The molecule has 2 aliphatic carbocycles. The van der Waals surface area contributed by atoms with E-state index in [1.54, 1.807) is 0 Å². The van der Waals surface area contributed by atoms with Crippen molar-refractivity contribution in [2.24, 2.45) is 11.3 Å². The normalized spacial score (nSPS) is 27.2. The first kappa shape index (κ1) is 19.9. The molecule has 2 heterocycles. The van der Waals surface area contributed by atoms with Crippen LogP contribution < -0.4 is 4.74 Å². The Balaban J connectivity index is 1.40. The van der Waals surface area contributed by atoms with Gasteiger partial charge in [-0.15, -0.1) is 0 Å². The van der Waals surface area contributed by atoms with Gasteiger partial charge in [-0.25, -0.2) is 0 Å². The summed E-state index contributed by atoms with van der Waals surface area (Å²) in [6.45, 7) is 6.49. The van der Waals surface area contributed by atoms with Gasteiger partial charge in [-0.05, 0) is 62.3 Å². The van der Waals surface area contributed by atoms with Crippen LogP contribution in [-0.4, -0.2) is 16.1 Å². The maximum atomic E-state index is 13.2. The van der Waals surface area contributed by atoms with Crippen LogP contribution in [0.5, 0.6) is 5.75 Å². The van der Waals surface area contributed by atoms with E-state index in [0.29, 0.717) is 0 Å². The molecule has 0 saturated heterocycles. The van der Waals surface area contributed by atoms with Crippen molar-refractivity contribution in [2.45, 2.75) is 90.6 Å². The average Bonchev–Trinajstić information content (AvgIpc) is 2.99. The van der Waals surface area contributed by atoms with E-state index in [0.717, 1.165) is 47.0 Å². The number of allylic oxidation sites excluding steroid dienone is 2. The fraction of sp³-hybridized carbons (Fsp3) is 0.593. The van der Waals surface area contributed by atoms with Crippen LogP contribution in [-0.2, 0) is 0 Å². The second-order valence-electron chi connectivity index (χ2n) is 10.8. The highest BCUT2D eigenvalue weighted by Crippen LogP contribution is 2.49. The van der Waals surface area contributed by atoms with Crippen LogP contribution in [0.15, 0.2) is 24.3 Å². The molecule has 3 nitrogen and oxygen atoms in total. The molecule has 30 heavy (non-hydrogen) atoms. The van der Waals surface area contributed by atoms with Crippen LogP contribution in [0.2, 0.25) is 0 Å². The molecule has 5 rings (SSSR count). The molecule has 1 atom stereocenters. The fourth-order valence-corrected chi connectivity index (χ4v) is 5.97. The Morgan fingerprint density at radius 3 is 2.73 bits per heavy atom. The van der Waals surface area contributed by atoms with Gasteiger partial charge in [-0.1, -0.05) is 57.9 Å². The summed E-state index contributed by atoms with van der Waals surface area (Å²) < 4.78 is 7.30. The van der Waals surface area contributed by atoms with Crippen LogP contribution >= 0.6 is 0 Å². The minimum Gasteiger partial charge on any atom is -0.618 e. The topological polar surface area (TPSA) is 35.3 Å². The van der Waals surface area contributed by atoms with Crippen LogP contribution in [0, 0.1) is 16.5 Å². The summed E-state index contributed by atoms with van der Waals surface area (Å²) in [7, 11) is 0. The van der Waals surface area contributed by atoms with Crippen molar-refractivity contribution in [3.8, 4) is 5.75 Å². The first-order chi connectivity index (χ1) is 14.4. The number of ether oxygens (including phenoxy) is 1. The third-order valence-corrected chi connectivity index (χ3v) is 7.76. The van der Waals surface area contributed by atoms with Crippen LogP contribution in [0.1, 0.15) is 96.1 Å². The molecule has 0 N–H and O–H groups in total. The van der Waals surface area contributed by atoms with Crippen molar-refractivity contribution in [1.29, 1.82) is 0 Å². The quantitative estimate of drug-likeness (QED) is 0.386. The predicted octanol–water partition coefficient (Wildman–Crippen LogP) is 7.40. The Morgan fingerprint density at radius 1 is 1.13 bits per heavy atom. The number of fused-ring (bicyclic) bond motifs is 5. The van der Waals surface area contributed by atoms with Crippen LogP contribution in [0.25, 0.3) is 11.6 Å². The Labute approximate surface area is 181 Å². The number of hydrogen-bond donors (Lipinski definition) is 0. The van der Waals surface area contributed by atoms with E-state index >= 15 is 0 Å². The minimum absolute atomic E-state index is 0.195. The van der Waals surface area contributed by atoms with Gasteiger partial charge in [0, 0.05) is 6.42 Å². The summed E-state index contributed by atoms with van der Waals surface area (Å²) in [5, 5.41) is 13.2. The van der Waals surface area contributed by atoms with Gasteiger partial charge in [-0.2, -0.15) is 4.74 Å². The van der Waals surface area contributed by atoms with E-state index in [1.165, 1.54) is 61.7 Å². The third-order valence-electron chi connectivity index (χ3n) is 7.76. The molecule has 0 radical (unpaired) electrons. The summed E-state index contributed by atoms with van der Waals surface area (Å²) in [6, 6.07) is 4.15. The van der Waals surface area contributed by atoms with Gasteiger partial charge in [0.25, 0.3) is 0 Å². The number of benzene rings is 1. The van der Waals surface area contributed by atoms with Crippen molar-refractivity contribution >= 4 is 23.0 Å². The molecule has 0 spiro atoms. The summed E-state index contributed by atoms with van der Waals surface area (Å²) in [6.07, 6.45) is 19.6. The highest BCUT2D eigenvalue weighted by Gasteiger charge is 2.41. The zero-order chi connectivity index (χ0) is 20.9. The van der Waals surface area contributed by atoms with Crippen molar-refractivity contribution in [1.82, 2.24) is 0 Å². The van der Waals surface area contributed by atoms with Crippen molar-refractivity contribution in [2.75, 3.05) is 0 Å². The number of rotatable bonds is 4. The van der Waals surface area contributed by atoms with Crippen LogP contribution in [0.3, 0.4) is 0 Å². The van der Waals surface area contributed by atoms with E-state index < -0.39 is 0 Å². The average molecular weight is 406 g/mol. The Morgan fingerprint density at radius 2 is 1.93 bits per heavy atom. The van der Waals surface area contributed by atoms with Crippen LogP contribution in [0.4, 0.5) is 5.69 Å². The second-order valence-corrected chi connectivity index (χ2v) is 10.8. The first-order valence-electron chi connectivity index (χ1n) is 12.0. The highest BCUT2D eigenvalue weighted by atomic mass is 16.5. The van der Waals surface area contributed by atoms with E-state index in [2.05, 4.69) is 31.2 Å². The van der Waals surface area contributed by atoms with Gasteiger partial charge < -0.3 is 9.94 Å². The molecule has 1 fully saturated rings. The van der Waals surface area contributed by atoms with Gasteiger partial charge in [0.1, 0.15) is 11.4 Å². The minimum atomic E-state index is -0.330. The van der Waals surface area contributed by atoms with E-state index in [1.807, 2.05) is 19.9 Å². The maximum Gasteiger partial charge on any atom is 0.235 e. The van der Waals surface area contributed by atoms with E-state index in [9.17, 15) is 5.21 Å². The molecule has 1 aromatic carbocycles. The lowest BCUT2D eigenvalue weighted by atomic mass is 9.72. The summed E-state index contributed by atoms with van der Waals surface area (Å²) in [5.74, 6) is 1.77. The lowest BCUT2D eigenvalue weighted by Crippen LogP contribution is -2.27. The molecule has 1 aromatic rings. The van der Waals surface area contributed by atoms with Crippen molar-refractivity contribution in [3.63, 3.8) is 0 Å². The largest absolute Gasteiger partial charge is 0.618 e. The first-order valence-corrected chi connectivity index (χ1v) is 12.0. The predicted molar refractivity (Wildman–Crippen MR) is 124 cm³/mol. The van der Waals surface area contributed by atoms with Crippen molar-refractivity contribution < 1.29 is 9.48 Å². The molecule has 160 valence electrons. The summed E-state index contributed by atoms with van der Waals surface area (Å²) in [4.78, 5) is 0. The van der Waals surface area contributed by atoms with E-state index in [4.69, 9.17) is 4.74 Å². The van der Waals surface area contributed by atoms with Gasteiger partial charge in [0.15, 0.2) is 0 Å². The van der Waals surface area contributed by atoms with Gasteiger partial charge >= 0.3 is 0 Å².